The summed E-state index contributed by atoms with van der Waals surface area (Å²) in [6.45, 7) is 4.10. The molecule has 0 bridgehead atoms. The number of hydrogen-bond acceptors (Lipinski definition) is 6. The van der Waals surface area contributed by atoms with Crippen molar-refractivity contribution in [3.05, 3.63) is 18.2 Å². The van der Waals surface area contributed by atoms with E-state index < -0.39 is 10.0 Å². The number of nitrogens with two attached hydrogens (primary N) is 1. The molecule has 6 nitrogen and oxygen atoms in total. The van der Waals surface area contributed by atoms with Crippen molar-refractivity contribution >= 4 is 32.8 Å². The number of hydrogen-bond donors (Lipinski definition) is 2. The molecule has 8 heteroatoms. The second kappa shape index (κ2) is 5.49. The van der Waals surface area contributed by atoms with Crippen LogP contribution in [-0.2, 0) is 10.0 Å². The zero-order valence-corrected chi connectivity index (χ0v) is 12.3. The first-order chi connectivity index (χ1) is 8.92. The Morgan fingerprint density at radius 2 is 2.11 bits per heavy atom. The van der Waals surface area contributed by atoms with Crippen LogP contribution in [0.25, 0.3) is 11.0 Å². The van der Waals surface area contributed by atoms with Gasteiger partial charge in [-0.05, 0) is 18.1 Å². The maximum absolute atomic E-state index is 12.2. The minimum Gasteiger partial charge on any atom is -0.326 e. The Kier molecular flexibility index (Phi) is 4.14. The SMILES string of the molecule is CC(C)C(N)CNS(=O)(=O)c1cccc2nsnc12. The molecule has 0 aliphatic heterocycles. The first kappa shape index (κ1) is 14.3. The van der Waals surface area contributed by atoms with Crippen LogP contribution in [0.5, 0.6) is 0 Å². The standard InChI is InChI=1S/C11H16N4O2S2/c1-7(2)8(12)6-13-19(16,17)10-5-3-4-9-11(10)15-18-14-9/h3-5,7-8,13H,6,12H2,1-2H3. The first-order valence-electron chi connectivity index (χ1n) is 5.88. The molecule has 2 aromatic rings. The quantitative estimate of drug-likeness (QED) is 0.857. The van der Waals surface area contributed by atoms with Crippen molar-refractivity contribution < 1.29 is 8.42 Å². The molecule has 3 N–H and O–H groups in total. The molecule has 0 fully saturated rings. The maximum Gasteiger partial charge on any atom is 0.242 e. The topological polar surface area (TPSA) is 98.0 Å². The Labute approximate surface area is 116 Å². The number of benzene rings is 1. The largest absolute Gasteiger partial charge is 0.326 e. The van der Waals surface area contributed by atoms with Gasteiger partial charge in [0.1, 0.15) is 15.9 Å². The van der Waals surface area contributed by atoms with E-state index in [1.54, 1.807) is 12.1 Å². The van der Waals surface area contributed by atoms with Crippen LogP contribution in [0.1, 0.15) is 13.8 Å². The van der Waals surface area contributed by atoms with Gasteiger partial charge in [0.15, 0.2) is 0 Å². The molecule has 1 aromatic heterocycles. The highest BCUT2D eigenvalue weighted by atomic mass is 32.2. The van der Waals surface area contributed by atoms with Gasteiger partial charge in [0, 0.05) is 12.6 Å². The van der Waals surface area contributed by atoms with E-state index in [0.29, 0.717) is 11.0 Å². The summed E-state index contributed by atoms with van der Waals surface area (Å²) in [4.78, 5) is 0.148. The van der Waals surface area contributed by atoms with Crippen LogP contribution in [0, 0.1) is 5.92 Å². The van der Waals surface area contributed by atoms with Crippen LogP contribution in [0.4, 0.5) is 0 Å². The summed E-state index contributed by atoms with van der Waals surface area (Å²) < 4.78 is 35.1. The van der Waals surface area contributed by atoms with Crippen molar-refractivity contribution in [2.24, 2.45) is 11.7 Å². The van der Waals surface area contributed by atoms with Crippen LogP contribution >= 0.6 is 11.7 Å². The van der Waals surface area contributed by atoms with E-state index in [9.17, 15) is 8.42 Å². The average molecular weight is 300 g/mol. The molecular weight excluding hydrogens is 284 g/mol. The summed E-state index contributed by atoms with van der Waals surface area (Å²) in [5, 5.41) is 0. The smallest absolute Gasteiger partial charge is 0.242 e. The molecule has 1 unspecified atom stereocenters. The average Bonchev–Trinajstić information content (AvgIpc) is 2.83. The number of rotatable bonds is 5. The molecule has 1 atom stereocenters. The zero-order valence-electron chi connectivity index (χ0n) is 10.7. The molecule has 0 aliphatic rings. The third kappa shape index (κ3) is 3.08. The second-order valence-electron chi connectivity index (χ2n) is 4.65. The Balaban J connectivity index is 2.27. The third-order valence-corrected chi connectivity index (χ3v) is 4.90. The fourth-order valence-corrected chi connectivity index (χ4v) is 3.35. The van der Waals surface area contributed by atoms with Gasteiger partial charge >= 0.3 is 0 Å². The van der Waals surface area contributed by atoms with Crippen LogP contribution in [-0.4, -0.2) is 29.8 Å². The van der Waals surface area contributed by atoms with E-state index in [2.05, 4.69) is 13.5 Å². The fraction of sp³-hybridized carbons (Fsp3) is 0.455. The van der Waals surface area contributed by atoms with E-state index in [1.165, 1.54) is 6.07 Å². The van der Waals surface area contributed by atoms with E-state index in [-0.39, 0.29) is 23.4 Å². The predicted octanol–water partition coefficient (Wildman–Crippen LogP) is 0.953. The first-order valence-corrected chi connectivity index (χ1v) is 8.09. The van der Waals surface area contributed by atoms with Gasteiger partial charge in [0.05, 0.1) is 11.7 Å². The number of sulfonamides is 1. The van der Waals surface area contributed by atoms with Gasteiger partial charge in [-0.25, -0.2) is 13.1 Å². The Morgan fingerprint density at radius 1 is 1.37 bits per heavy atom. The van der Waals surface area contributed by atoms with Gasteiger partial charge in [-0.2, -0.15) is 8.75 Å². The zero-order chi connectivity index (χ0) is 14.0. The minimum atomic E-state index is -3.61. The maximum atomic E-state index is 12.2. The fourth-order valence-electron chi connectivity index (χ4n) is 1.52. The lowest BCUT2D eigenvalue weighted by Crippen LogP contribution is -2.40. The molecule has 0 amide bonds. The summed E-state index contributed by atoms with van der Waals surface area (Å²) in [5.41, 5.74) is 6.83. The van der Waals surface area contributed by atoms with E-state index >= 15 is 0 Å². The molecule has 0 aliphatic carbocycles. The van der Waals surface area contributed by atoms with Crippen molar-refractivity contribution in [3.8, 4) is 0 Å². The van der Waals surface area contributed by atoms with Gasteiger partial charge in [0.2, 0.25) is 10.0 Å². The highest BCUT2D eigenvalue weighted by molar-refractivity contribution is 7.89. The minimum absolute atomic E-state index is 0.148. The highest BCUT2D eigenvalue weighted by Crippen LogP contribution is 2.20. The number of aromatic nitrogens is 2. The van der Waals surface area contributed by atoms with Crippen LogP contribution in [0.2, 0.25) is 0 Å². The molecule has 1 aromatic carbocycles. The van der Waals surface area contributed by atoms with E-state index in [1.807, 2.05) is 13.8 Å². The lowest BCUT2D eigenvalue weighted by Gasteiger charge is -2.16. The van der Waals surface area contributed by atoms with Gasteiger partial charge < -0.3 is 5.73 Å². The third-order valence-electron chi connectivity index (χ3n) is 2.90. The van der Waals surface area contributed by atoms with Crippen LogP contribution in [0.3, 0.4) is 0 Å². The molecule has 0 saturated heterocycles. The van der Waals surface area contributed by atoms with E-state index in [4.69, 9.17) is 5.73 Å². The second-order valence-corrected chi connectivity index (χ2v) is 6.91. The lowest BCUT2D eigenvalue weighted by atomic mass is 10.1. The molecule has 2 rings (SSSR count). The Hall–Kier alpha value is -1.09. The molecule has 0 radical (unpaired) electrons. The van der Waals surface area contributed by atoms with Gasteiger partial charge in [0.25, 0.3) is 0 Å². The van der Waals surface area contributed by atoms with Crippen molar-refractivity contribution in [3.63, 3.8) is 0 Å². The van der Waals surface area contributed by atoms with Crippen LogP contribution < -0.4 is 10.5 Å². The van der Waals surface area contributed by atoms with Gasteiger partial charge in [-0.1, -0.05) is 19.9 Å². The molecule has 19 heavy (non-hydrogen) atoms. The molecule has 1 heterocycles. The number of nitrogens with one attached hydrogen (secondary N) is 1. The summed E-state index contributed by atoms with van der Waals surface area (Å²) in [5.74, 6) is 0.208. The molecular formula is C11H16N4O2S2. The van der Waals surface area contributed by atoms with Crippen molar-refractivity contribution in [1.29, 1.82) is 0 Å². The summed E-state index contributed by atoms with van der Waals surface area (Å²) in [6.07, 6.45) is 0. The monoisotopic (exact) mass is 300 g/mol. The van der Waals surface area contributed by atoms with E-state index in [0.717, 1.165) is 11.7 Å². The molecule has 0 saturated carbocycles. The summed E-state index contributed by atoms with van der Waals surface area (Å²) in [6, 6.07) is 4.69. The van der Waals surface area contributed by atoms with Crippen LogP contribution in [0.15, 0.2) is 23.1 Å². The van der Waals surface area contributed by atoms with Crippen molar-refractivity contribution in [2.75, 3.05) is 6.54 Å². The number of fused-ring (bicyclic) bond motifs is 1. The normalized spacial score (nSPS) is 14.1. The number of nitrogens with zero attached hydrogens (tertiary/aromatic N) is 2. The van der Waals surface area contributed by atoms with Crippen molar-refractivity contribution in [1.82, 2.24) is 13.5 Å². The molecule has 104 valence electrons. The Bertz CT molecular complexity index is 666. The Morgan fingerprint density at radius 3 is 2.79 bits per heavy atom. The molecule has 0 spiro atoms. The highest BCUT2D eigenvalue weighted by Gasteiger charge is 2.20. The predicted molar refractivity (Wildman–Crippen MR) is 75.4 cm³/mol. The lowest BCUT2D eigenvalue weighted by molar-refractivity contribution is 0.481. The summed E-state index contributed by atoms with van der Waals surface area (Å²) in [7, 11) is -3.61. The van der Waals surface area contributed by atoms with Gasteiger partial charge in [-0.15, -0.1) is 0 Å². The summed E-state index contributed by atoms with van der Waals surface area (Å²) >= 11 is 0.996. The van der Waals surface area contributed by atoms with Gasteiger partial charge in [-0.3, -0.25) is 0 Å². The van der Waals surface area contributed by atoms with Crippen molar-refractivity contribution in [2.45, 2.75) is 24.8 Å².